The molecule has 1 aromatic rings. The van der Waals surface area contributed by atoms with Gasteiger partial charge in [-0.3, -0.25) is 0 Å². The lowest BCUT2D eigenvalue weighted by molar-refractivity contribution is 0.225. The van der Waals surface area contributed by atoms with Crippen LogP contribution in [0.1, 0.15) is 64.0 Å². The monoisotopic (exact) mass is 287 g/mol. The van der Waals surface area contributed by atoms with Crippen LogP contribution in [0, 0.1) is 18.8 Å². The van der Waals surface area contributed by atoms with E-state index in [9.17, 15) is 0 Å². The van der Waals surface area contributed by atoms with E-state index in [1.807, 2.05) is 0 Å². The Hall–Kier alpha value is -0.820. The molecule has 1 fully saturated rings. The number of benzene rings is 1. The summed E-state index contributed by atoms with van der Waals surface area (Å²) >= 11 is 0. The van der Waals surface area contributed by atoms with Gasteiger partial charge in [0.15, 0.2) is 0 Å². The van der Waals surface area contributed by atoms with Crippen LogP contribution in [-0.4, -0.2) is 12.1 Å². The fourth-order valence-electron chi connectivity index (χ4n) is 3.48. The van der Waals surface area contributed by atoms with Gasteiger partial charge in [-0.1, -0.05) is 61.9 Å². The van der Waals surface area contributed by atoms with Crippen molar-refractivity contribution in [1.29, 1.82) is 0 Å². The van der Waals surface area contributed by atoms with E-state index < -0.39 is 0 Å². The smallest absolute Gasteiger partial charge is 0.00966 e. The minimum Gasteiger partial charge on any atom is -0.312 e. The van der Waals surface area contributed by atoms with Gasteiger partial charge in [0, 0.05) is 5.54 Å². The highest BCUT2D eigenvalue weighted by molar-refractivity contribution is 5.21. The first-order valence-electron chi connectivity index (χ1n) is 8.74. The van der Waals surface area contributed by atoms with Crippen LogP contribution in [0.2, 0.25) is 0 Å². The zero-order valence-electron chi connectivity index (χ0n) is 14.4. The molecule has 0 heterocycles. The lowest BCUT2D eigenvalue weighted by atomic mass is 9.77. The van der Waals surface area contributed by atoms with Crippen molar-refractivity contribution < 1.29 is 0 Å². The molecule has 0 radical (unpaired) electrons. The van der Waals surface area contributed by atoms with Crippen LogP contribution < -0.4 is 5.32 Å². The van der Waals surface area contributed by atoms with E-state index in [4.69, 9.17) is 0 Å². The number of hydrogen-bond acceptors (Lipinski definition) is 1. The lowest BCUT2D eigenvalue weighted by Gasteiger charge is -2.33. The standard InChI is InChI=1S/C20H33N/c1-16-10-12-17(13-11-16)14-19(15-21-20(2,3)4)18-8-6-5-7-9-18/h10-13,18-19,21H,5-9,14-15H2,1-4H3. The van der Waals surface area contributed by atoms with E-state index in [0.717, 1.165) is 18.4 Å². The zero-order chi connectivity index (χ0) is 15.3. The predicted molar refractivity (Wildman–Crippen MR) is 92.7 cm³/mol. The number of hydrogen-bond donors (Lipinski definition) is 1. The zero-order valence-corrected chi connectivity index (χ0v) is 14.4. The Morgan fingerprint density at radius 1 is 1.05 bits per heavy atom. The first-order valence-corrected chi connectivity index (χ1v) is 8.74. The second kappa shape index (κ2) is 7.45. The molecule has 21 heavy (non-hydrogen) atoms. The van der Waals surface area contributed by atoms with Gasteiger partial charge in [-0.2, -0.15) is 0 Å². The molecule has 0 aliphatic heterocycles. The molecule has 1 aliphatic rings. The minimum absolute atomic E-state index is 0.222. The van der Waals surface area contributed by atoms with Gasteiger partial charge >= 0.3 is 0 Å². The third kappa shape index (κ3) is 5.82. The van der Waals surface area contributed by atoms with Gasteiger partial charge in [0.25, 0.3) is 0 Å². The summed E-state index contributed by atoms with van der Waals surface area (Å²) in [5.74, 6) is 1.70. The molecule has 1 aliphatic carbocycles. The van der Waals surface area contributed by atoms with Crippen molar-refractivity contribution in [3.63, 3.8) is 0 Å². The molecule has 118 valence electrons. The van der Waals surface area contributed by atoms with E-state index in [1.165, 1.54) is 49.7 Å². The van der Waals surface area contributed by atoms with Crippen LogP contribution in [0.15, 0.2) is 24.3 Å². The maximum absolute atomic E-state index is 3.75. The quantitative estimate of drug-likeness (QED) is 0.792. The molecule has 1 saturated carbocycles. The van der Waals surface area contributed by atoms with Crippen molar-refractivity contribution in [1.82, 2.24) is 5.32 Å². The highest BCUT2D eigenvalue weighted by Crippen LogP contribution is 2.32. The summed E-state index contributed by atoms with van der Waals surface area (Å²) in [4.78, 5) is 0. The van der Waals surface area contributed by atoms with Gasteiger partial charge in [0.05, 0.1) is 0 Å². The average Bonchev–Trinajstić information content (AvgIpc) is 2.45. The third-order valence-electron chi connectivity index (χ3n) is 4.83. The van der Waals surface area contributed by atoms with Crippen LogP contribution in [0.25, 0.3) is 0 Å². The van der Waals surface area contributed by atoms with Crippen LogP contribution in [0.5, 0.6) is 0 Å². The molecular formula is C20H33N. The molecule has 1 aromatic carbocycles. The Morgan fingerprint density at radius 3 is 2.24 bits per heavy atom. The SMILES string of the molecule is Cc1ccc(CC(CNC(C)(C)C)C2CCCCC2)cc1. The predicted octanol–water partition coefficient (Wildman–Crippen LogP) is 5.12. The van der Waals surface area contributed by atoms with Gasteiger partial charge in [-0.25, -0.2) is 0 Å². The molecule has 1 unspecified atom stereocenters. The second-order valence-corrected chi connectivity index (χ2v) is 7.98. The van der Waals surface area contributed by atoms with Crippen molar-refractivity contribution in [3.8, 4) is 0 Å². The van der Waals surface area contributed by atoms with E-state index in [1.54, 1.807) is 0 Å². The first-order chi connectivity index (χ1) is 9.94. The lowest BCUT2D eigenvalue weighted by Crippen LogP contribution is -2.41. The number of rotatable bonds is 5. The highest BCUT2D eigenvalue weighted by Gasteiger charge is 2.25. The van der Waals surface area contributed by atoms with E-state index in [0.29, 0.717) is 0 Å². The van der Waals surface area contributed by atoms with Crippen molar-refractivity contribution >= 4 is 0 Å². The molecule has 1 atom stereocenters. The van der Waals surface area contributed by atoms with Crippen molar-refractivity contribution in [2.24, 2.45) is 11.8 Å². The van der Waals surface area contributed by atoms with Gasteiger partial charge in [0.1, 0.15) is 0 Å². The summed E-state index contributed by atoms with van der Waals surface area (Å²) in [6.45, 7) is 10.1. The summed E-state index contributed by atoms with van der Waals surface area (Å²) in [6, 6.07) is 9.15. The molecule has 0 spiro atoms. The number of nitrogens with one attached hydrogen (secondary N) is 1. The Kier molecular flexibility index (Phi) is 5.87. The summed E-state index contributed by atoms with van der Waals surface area (Å²) in [6.07, 6.45) is 8.41. The topological polar surface area (TPSA) is 12.0 Å². The molecule has 1 heteroatoms. The largest absolute Gasteiger partial charge is 0.312 e. The van der Waals surface area contributed by atoms with Gasteiger partial charge in [-0.15, -0.1) is 0 Å². The molecule has 0 bridgehead atoms. The van der Waals surface area contributed by atoms with E-state index >= 15 is 0 Å². The molecule has 1 N–H and O–H groups in total. The minimum atomic E-state index is 0.222. The molecule has 0 amide bonds. The molecule has 1 nitrogen and oxygen atoms in total. The maximum Gasteiger partial charge on any atom is 0.00966 e. The molecule has 0 aromatic heterocycles. The molecular weight excluding hydrogens is 254 g/mol. The molecule has 2 rings (SSSR count). The summed E-state index contributed by atoms with van der Waals surface area (Å²) in [5, 5.41) is 3.75. The van der Waals surface area contributed by atoms with Crippen LogP contribution >= 0.6 is 0 Å². The average molecular weight is 287 g/mol. The Bertz CT molecular complexity index is 406. The molecule has 0 saturated heterocycles. The van der Waals surface area contributed by atoms with Crippen LogP contribution in [0.3, 0.4) is 0 Å². The van der Waals surface area contributed by atoms with Crippen LogP contribution in [-0.2, 0) is 6.42 Å². The Balaban J connectivity index is 2.01. The second-order valence-electron chi connectivity index (χ2n) is 7.98. The normalized spacial score (nSPS) is 18.7. The van der Waals surface area contributed by atoms with Crippen molar-refractivity contribution in [2.75, 3.05) is 6.54 Å². The summed E-state index contributed by atoms with van der Waals surface area (Å²) < 4.78 is 0. The van der Waals surface area contributed by atoms with Crippen molar-refractivity contribution in [3.05, 3.63) is 35.4 Å². The van der Waals surface area contributed by atoms with E-state index in [-0.39, 0.29) is 5.54 Å². The van der Waals surface area contributed by atoms with E-state index in [2.05, 4.69) is 57.3 Å². The van der Waals surface area contributed by atoms with Gasteiger partial charge in [-0.05, 0) is 58.1 Å². The summed E-state index contributed by atoms with van der Waals surface area (Å²) in [7, 11) is 0. The van der Waals surface area contributed by atoms with Gasteiger partial charge < -0.3 is 5.32 Å². The number of aryl methyl sites for hydroxylation is 1. The highest BCUT2D eigenvalue weighted by atomic mass is 14.9. The Labute approximate surface area is 131 Å². The third-order valence-corrected chi connectivity index (χ3v) is 4.83. The maximum atomic E-state index is 3.75. The first kappa shape index (κ1) is 16.5. The van der Waals surface area contributed by atoms with Gasteiger partial charge in [0.2, 0.25) is 0 Å². The summed E-state index contributed by atoms with van der Waals surface area (Å²) in [5.41, 5.74) is 3.09. The fraction of sp³-hybridized carbons (Fsp3) is 0.700. The fourth-order valence-corrected chi connectivity index (χ4v) is 3.48. The Morgan fingerprint density at radius 2 is 1.67 bits per heavy atom. The van der Waals surface area contributed by atoms with Crippen LogP contribution in [0.4, 0.5) is 0 Å². The van der Waals surface area contributed by atoms with Crippen molar-refractivity contribution in [2.45, 2.75) is 71.8 Å².